The van der Waals surface area contributed by atoms with Crippen LogP contribution < -0.4 is 5.43 Å². The first-order valence-electron chi connectivity index (χ1n) is 10.1. The molecule has 1 aromatic heterocycles. The maximum absolute atomic E-state index is 13.0. The molecule has 1 N–H and O–H groups in total. The van der Waals surface area contributed by atoms with Gasteiger partial charge >= 0.3 is 0 Å². The van der Waals surface area contributed by atoms with E-state index in [0.29, 0.717) is 42.0 Å². The van der Waals surface area contributed by atoms with Gasteiger partial charge in [-0.3, -0.25) is 9.59 Å². The fourth-order valence-electron chi connectivity index (χ4n) is 4.23. The number of carbonyl (C=O) groups is 1. The van der Waals surface area contributed by atoms with Gasteiger partial charge in [0.2, 0.25) is 5.91 Å². The summed E-state index contributed by atoms with van der Waals surface area (Å²) in [5.41, 5.74) is 1.98. The van der Waals surface area contributed by atoms with E-state index in [1.165, 1.54) is 12.8 Å². The molecular weight excluding hydrogens is 342 g/mol. The van der Waals surface area contributed by atoms with Gasteiger partial charge in [0.1, 0.15) is 17.1 Å². The van der Waals surface area contributed by atoms with E-state index in [4.69, 9.17) is 4.42 Å². The third-order valence-corrected chi connectivity index (χ3v) is 6.11. The number of hydrogen-bond acceptors (Lipinski definition) is 4. The molecule has 1 aliphatic carbocycles. The van der Waals surface area contributed by atoms with Crippen LogP contribution in [0.1, 0.15) is 61.8 Å². The Morgan fingerprint density at radius 1 is 1.22 bits per heavy atom. The van der Waals surface area contributed by atoms with Crippen molar-refractivity contribution in [2.45, 2.75) is 58.3 Å². The topological polar surface area (TPSA) is 70.8 Å². The second-order valence-corrected chi connectivity index (χ2v) is 8.02. The Labute approximate surface area is 159 Å². The maximum Gasteiger partial charge on any atom is 0.222 e. The van der Waals surface area contributed by atoms with Crippen LogP contribution in [0.5, 0.6) is 5.75 Å². The molecule has 2 fully saturated rings. The SMILES string of the molecule is CCC(=O)N1CCC(c2oc3c(CC4CC4)c(O)ccc3c(=O)c2C)CC1. The van der Waals surface area contributed by atoms with Crippen LogP contribution in [0.25, 0.3) is 11.0 Å². The van der Waals surface area contributed by atoms with E-state index >= 15 is 0 Å². The summed E-state index contributed by atoms with van der Waals surface area (Å²) in [5.74, 6) is 1.86. The minimum atomic E-state index is -0.00430. The molecule has 2 heterocycles. The number of carbonyl (C=O) groups excluding carboxylic acids is 1. The molecule has 0 radical (unpaired) electrons. The van der Waals surface area contributed by atoms with Gasteiger partial charge in [-0.1, -0.05) is 6.92 Å². The van der Waals surface area contributed by atoms with Crippen molar-refractivity contribution in [3.63, 3.8) is 0 Å². The summed E-state index contributed by atoms with van der Waals surface area (Å²) in [6.07, 6.45) is 5.23. The first kappa shape index (κ1) is 18.1. The molecular formula is C22H27NO4. The molecule has 1 amide bonds. The molecule has 0 spiro atoms. The van der Waals surface area contributed by atoms with Crippen molar-refractivity contribution in [2.75, 3.05) is 13.1 Å². The van der Waals surface area contributed by atoms with Crippen LogP contribution in [-0.2, 0) is 11.2 Å². The van der Waals surface area contributed by atoms with Crippen molar-refractivity contribution < 1.29 is 14.3 Å². The van der Waals surface area contributed by atoms with Gasteiger partial charge < -0.3 is 14.4 Å². The normalized spacial score (nSPS) is 18.2. The van der Waals surface area contributed by atoms with Crippen LogP contribution in [0.2, 0.25) is 0 Å². The van der Waals surface area contributed by atoms with Crippen LogP contribution >= 0.6 is 0 Å². The first-order valence-corrected chi connectivity index (χ1v) is 10.1. The first-order chi connectivity index (χ1) is 13.0. The largest absolute Gasteiger partial charge is 0.508 e. The Hall–Kier alpha value is -2.30. The van der Waals surface area contributed by atoms with E-state index in [-0.39, 0.29) is 23.0 Å². The lowest BCUT2D eigenvalue weighted by molar-refractivity contribution is -0.131. The molecule has 1 saturated carbocycles. The number of piperidine rings is 1. The summed E-state index contributed by atoms with van der Waals surface area (Å²) in [7, 11) is 0. The average molecular weight is 369 g/mol. The molecule has 5 heteroatoms. The molecule has 4 rings (SSSR count). The number of phenolic OH excluding ortho intramolecular Hbond substituents is 1. The van der Waals surface area contributed by atoms with Gasteiger partial charge in [-0.2, -0.15) is 0 Å². The van der Waals surface area contributed by atoms with Crippen molar-refractivity contribution in [1.82, 2.24) is 4.90 Å². The summed E-state index contributed by atoms with van der Waals surface area (Å²) in [6.45, 7) is 5.12. The summed E-state index contributed by atoms with van der Waals surface area (Å²) < 4.78 is 6.31. The summed E-state index contributed by atoms with van der Waals surface area (Å²) >= 11 is 0. The lowest BCUT2D eigenvalue weighted by atomic mass is 9.90. The van der Waals surface area contributed by atoms with Gasteiger partial charge in [0, 0.05) is 36.6 Å². The fourth-order valence-corrected chi connectivity index (χ4v) is 4.23. The zero-order valence-electron chi connectivity index (χ0n) is 16.1. The van der Waals surface area contributed by atoms with Crippen molar-refractivity contribution >= 4 is 16.9 Å². The zero-order valence-corrected chi connectivity index (χ0v) is 16.1. The number of phenols is 1. The predicted octanol–water partition coefficient (Wildman–Crippen LogP) is 3.88. The highest BCUT2D eigenvalue weighted by Crippen LogP contribution is 2.39. The minimum absolute atomic E-state index is 0.00430. The Morgan fingerprint density at radius 2 is 1.93 bits per heavy atom. The average Bonchev–Trinajstić information content (AvgIpc) is 3.50. The molecule has 2 aliphatic rings. The van der Waals surface area contributed by atoms with Crippen molar-refractivity contribution in [1.29, 1.82) is 0 Å². The van der Waals surface area contributed by atoms with Gasteiger partial charge in [0.05, 0.1) is 5.39 Å². The Morgan fingerprint density at radius 3 is 2.56 bits per heavy atom. The van der Waals surface area contributed by atoms with Crippen molar-refractivity contribution in [3.8, 4) is 5.75 Å². The monoisotopic (exact) mass is 369 g/mol. The Balaban J connectivity index is 1.72. The molecule has 0 atom stereocenters. The molecule has 0 unspecified atom stereocenters. The molecule has 1 aliphatic heterocycles. The van der Waals surface area contributed by atoms with E-state index in [2.05, 4.69) is 0 Å². The number of hydrogen-bond donors (Lipinski definition) is 1. The number of benzene rings is 1. The van der Waals surface area contributed by atoms with Gasteiger partial charge in [0.25, 0.3) is 0 Å². The maximum atomic E-state index is 13.0. The summed E-state index contributed by atoms with van der Waals surface area (Å²) in [6, 6.07) is 3.29. The van der Waals surface area contributed by atoms with Crippen LogP contribution in [-0.4, -0.2) is 29.0 Å². The number of likely N-dealkylation sites (tertiary alicyclic amines) is 1. The Bertz CT molecular complexity index is 933. The van der Waals surface area contributed by atoms with Gasteiger partial charge in [0.15, 0.2) is 5.43 Å². The highest BCUT2D eigenvalue weighted by Gasteiger charge is 2.29. The second kappa shape index (κ2) is 7.02. The van der Waals surface area contributed by atoms with E-state index in [1.807, 2.05) is 18.7 Å². The van der Waals surface area contributed by atoms with Crippen molar-refractivity contribution in [2.24, 2.45) is 5.92 Å². The van der Waals surface area contributed by atoms with E-state index in [9.17, 15) is 14.7 Å². The Kier molecular flexibility index (Phi) is 4.70. The smallest absolute Gasteiger partial charge is 0.222 e. The van der Waals surface area contributed by atoms with E-state index in [0.717, 1.165) is 30.6 Å². The molecule has 2 aromatic rings. The third-order valence-electron chi connectivity index (χ3n) is 6.11. The zero-order chi connectivity index (χ0) is 19.1. The molecule has 1 saturated heterocycles. The molecule has 27 heavy (non-hydrogen) atoms. The van der Waals surface area contributed by atoms with Gasteiger partial charge in [-0.05, 0) is 57.1 Å². The molecule has 5 nitrogen and oxygen atoms in total. The standard InChI is InChI=1S/C22H27NO4/c1-3-19(25)23-10-8-15(9-11-23)21-13(2)20(26)16-6-7-18(24)17(22(16)27-21)12-14-4-5-14/h6-7,14-15,24H,3-5,8-12H2,1-2H3. The quantitative estimate of drug-likeness (QED) is 0.888. The molecule has 144 valence electrons. The lowest BCUT2D eigenvalue weighted by Crippen LogP contribution is -2.37. The highest BCUT2D eigenvalue weighted by molar-refractivity contribution is 5.83. The second-order valence-electron chi connectivity index (χ2n) is 8.02. The van der Waals surface area contributed by atoms with E-state index < -0.39 is 0 Å². The fraction of sp³-hybridized carbons (Fsp3) is 0.545. The summed E-state index contributed by atoms with van der Waals surface area (Å²) in [5, 5.41) is 10.9. The molecule has 0 bridgehead atoms. The predicted molar refractivity (Wildman–Crippen MR) is 104 cm³/mol. The minimum Gasteiger partial charge on any atom is -0.508 e. The van der Waals surface area contributed by atoms with Crippen LogP contribution in [0.3, 0.4) is 0 Å². The molecule has 1 aromatic carbocycles. The number of nitrogens with zero attached hydrogens (tertiary/aromatic N) is 1. The van der Waals surface area contributed by atoms with Crippen LogP contribution in [0, 0.1) is 12.8 Å². The number of rotatable bonds is 4. The summed E-state index contributed by atoms with van der Waals surface area (Å²) in [4.78, 5) is 26.8. The van der Waals surface area contributed by atoms with Gasteiger partial charge in [-0.25, -0.2) is 0 Å². The number of amides is 1. The number of fused-ring (bicyclic) bond motifs is 1. The number of aromatic hydroxyl groups is 1. The van der Waals surface area contributed by atoms with Crippen LogP contribution in [0.4, 0.5) is 0 Å². The van der Waals surface area contributed by atoms with Crippen molar-refractivity contribution in [3.05, 3.63) is 39.2 Å². The van der Waals surface area contributed by atoms with Gasteiger partial charge in [-0.15, -0.1) is 0 Å². The lowest BCUT2D eigenvalue weighted by Gasteiger charge is -2.32. The highest BCUT2D eigenvalue weighted by atomic mass is 16.3. The van der Waals surface area contributed by atoms with Crippen LogP contribution in [0.15, 0.2) is 21.3 Å². The van der Waals surface area contributed by atoms with E-state index in [1.54, 1.807) is 12.1 Å². The third kappa shape index (κ3) is 3.35.